The van der Waals surface area contributed by atoms with Crippen LogP contribution in [0.1, 0.15) is 12.0 Å². The van der Waals surface area contributed by atoms with Crippen LogP contribution in [0.4, 0.5) is 18.9 Å². The molecule has 6 nitrogen and oxygen atoms in total. The zero-order valence-corrected chi connectivity index (χ0v) is 16.0. The van der Waals surface area contributed by atoms with Gasteiger partial charge in [0.25, 0.3) is 0 Å². The molecule has 0 radical (unpaired) electrons. The van der Waals surface area contributed by atoms with Gasteiger partial charge in [0.1, 0.15) is 11.5 Å². The van der Waals surface area contributed by atoms with E-state index in [2.05, 4.69) is 10.1 Å². The molecule has 0 atom stereocenters. The van der Waals surface area contributed by atoms with Gasteiger partial charge in [-0.25, -0.2) is 0 Å². The molecule has 0 aliphatic heterocycles. The Morgan fingerprint density at radius 3 is 2.34 bits per heavy atom. The topological polar surface area (TPSA) is 67.9 Å². The number of nitrogens with one attached hydrogen (secondary N) is 1. The van der Waals surface area contributed by atoms with Crippen LogP contribution in [0.15, 0.2) is 48.5 Å². The summed E-state index contributed by atoms with van der Waals surface area (Å²) in [6.07, 6.45) is -4.68. The zero-order valence-electron chi connectivity index (χ0n) is 16.0. The van der Waals surface area contributed by atoms with E-state index in [1.54, 1.807) is 0 Å². The molecule has 1 N–H and O–H groups in total. The fourth-order valence-corrected chi connectivity index (χ4v) is 2.40. The Labute approximate surface area is 166 Å². The monoisotopic (exact) mass is 410 g/mol. The standard InChI is InChI=1S/C20H21F3N2O4/c1-14-5-3-4-6-17(14)28-12-11-19(27)25(2)13-18(26)24-15-7-9-16(10-8-15)29-20(21,22)23/h3-10H,11-13H2,1-2H3,(H,24,26). The minimum absolute atomic E-state index is 0.0988. The molecule has 2 aromatic carbocycles. The van der Waals surface area contributed by atoms with Crippen molar-refractivity contribution < 1.29 is 32.2 Å². The van der Waals surface area contributed by atoms with E-state index in [0.717, 1.165) is 17.7 Å². The molecule has 0 fully saturated rings. The van der Waals surface area contributed by atoms with E-state index < -0.39 is 18.0 Å². The number of halogens is 3. The molecule has 2 rings (SSSR count). The van der Waals surface area contributed by atoms with Crippen molar-refractivity contribution in [2.75, 3.05) is 25.5 Å². The second-order valence-electron chi connectivity index (χ2n) is 6.23. The van der Waals surface area contributed by atoms with E-state index in [-0.39, 0.29) is 31.2 Å². The van der Waals surface area contributed by atoms with Crippen LogP contribution in [-0.2, 0) is 9.59 Å². The Morgan fingerprint density at radius 1 is 1.07 bits per heavy atom. The van der Waals surface area contributed by atoms with Crippen LogP contribution in [0.2, 0.25) is 0 Å². The molecule has 0 aliphatic carbocycles. The number of hydrogen-bond donors (Lipinski definition) is 1. The lowest BCUT2D eigenvalue weighted by atomic mass is 10.2. The third-order valence-corrected chi connectivity index (χ3v) is 3.85. The molecule has 0 saturated heterocycles. The average Bonchev–Trinajstić information content (AvgIpc) is 2.63. The first-order valence-electron chi connectivity index (χ1n) is 8.72. The minimum atomic E-state index is -4.78. The summed E-state index contributed by atoms with van der Waals surface area (Å²) in [5.41, 5.74) is 1.24. The quantitative estimate of drug-likeness (QED) is 0.720. The highest BCUT2D eigenvalue weighted by Gasteiger charge is 2.31. The van der Waals surface area contributed by atoms with Gasteiger partial charge in [0, 0.05) is 12.7 Å². The highest BCUT2D eigenvalue weighted by atomic mass is 19.4. The number of likely N-dealkylation sites (N-methyl/N-ethyl adjacent to an activating group) is 1. The number of rotatable bonds is 8. The number of para-hydroxylation sites is 1. The number of aryl methyl sites for hydroxylation is 1. The number of hydrogen-bond acceptors (Lipinski definition) is 4. The van der Waals surface area contributed by atoms with E-state index in [4.69, 9.17) is 4.74 Å². The average molecular weight is 410 g/mol. The summed E-state index contributed by atoms with van der Waals surface area (Å²) >= 11 is 0. The van der Waals surface area contributed by atoms with Crippen molar-refractivity contribution in [1.29, 1.82) is 0 Å². The first-order chi connectivity index (χ1) is 13.6. The predicted octanol–water partition coefficient (Wildman–Crippen LogP) is 3.76. The van der Waals surface area contributed by atoms with Crippen LogP contribution < -0.4 is 14.8 Å². The van der Waals surface area contributed by atoms with Gasteiger partial charge >= 0.3 is 6.36 Å². The van der Waals surface area contributed by atoms with Gasteiger partial charge in [-0.2, -0.15) is 0 Å². The molecule has 29 heavy (non-hydrogen) atoms. The lowest BCUT2D eigenvalue weighted by Gasteiger charge is -2.17. The first-order valence-corrected chi connectivity index (χ1v) is 8.72. The minimum Gasteiger partial charge on any atom is -0.493 e. The lowest BCUT2D eigenvalue weighted by Crippen LogP contribution is -2.35. The van der Waals surface area contributed by atoms with Gasteiger partial charge in [0.2, 0.25) is 11.8 Å². The maximum Gasteiger partial charge on any atom is 0.573 e. The van der Waals surface area contributed by atoms with Crippen molar-refractivity contribution in [1.82, 2.24) is 4.90 Å². The second-order valence-corrected chi connectivity index (χ2v) is 6.23. The second kappa shape index (κ2) is 9.81. The molecule has 2 amide bonds. The van der Waals surface area contributed by atoms with Crippen molar-refractivity contribution >= 4 is 17.5 Å². The van der Waals surface area contributed by atoms with Crippen molar-refractivity contribution in [3.8, 4) is 11.5 Å². The Morgan fingerprint density at radius 2 is 1.72 bits per heavy atom. The maximum absolute atomic E-state index is 12.1. The maximum atomic E-state index is 12.1. The largest absolute Gasteiger partial charge is 0.573 e. The lowest BCUT2D eigenvalue weighted by molar-refractivity contribution is -0.274. The Kier molecular flexibility index (Phi) is 7.46. The highest BCUT2D eigenvalue weighted by molar-refractivity contribution is 5.94. The van der Waals surface area contributed by atoms with E-state index in [9.17, 15) is 22.8 Å². The smallest absolute Gasteiger partial charge is 0.493 e. The number of ether oxygens (including phenoxy) is 2. The summed E-state index contributed by atoms with van der Waals surface area (Å²) in [6.45, 7) is 1.87. The molecule has 0 saturated carbocycles. The highest BCUT2D eigenvalue weighted by Crippen LogP contribution is 2.24. The van der Waals surface area contributed by atoms with Gasteiger partial charge in [-0.1, -0.05) is 18.2 Å². The Bertz CT molecular complexity index is 838. The summed E-state index contributed by atoms with van der Waals surface area (Å²) in [6, 6.07) is 12.1. The van der Waals surface area contributed by atoms with E-state index >= 15 is 0 Å². The molecule has 0 bridgehead atoms. The molecule has 9 heteroatoms. The molecule has 0 heterocycles. The SMILES string of the molecule is Cc1ccccc1OCCC(=O)N(C)CC(=O)Nc1ccc(OC(F)(F)F)cc1. The molecule has 0 aromatic heterocycles. The van der Waals surface area contributed by atoms with Crippen LogP contribution >= 0.6 is 0 Å². The number of alkyl halides is 3. The molecule has 0 unspecified atom stereocenters. The number of nitrogens with zero attached hydrogens (tertiary/aromatic N) is 1. The number of anilines is 1. The normalized spacial score (nSPS) is 10.9. The van der Waals surface area contributed by atoms with Crippen LogP contribution in [0, 0.1) is 6.92 Å². The summed E-state index contributed by atoms with van der Waals surface area (Å²) in [7, 11) is 1.48. The Hall–Kier alpha value is -3.23. The number of carbonyl (C=O) groups is 2. The first kappa shape index (κ1) is 22.1. The molecule has 0 aliphatic rings. The third kappa shape index (κ3) is 7.73. The van der Waals surface area contributed by atoms with Crippen LogP contribution in [0.3, 0.4) is 0 Å². The summed E-state index contributed by atoms with van der Waals surface area (Å²) in [4.78, 5) is 25.4. The van der Waals surface area contributed by atoms with Crippen molar-refractivity contribution in [3.63, 3.8) is 0 Å². The van der Waals surface area contributed by atoms with Crippen LogP contribution in [0.25, 0.3) is 0 Å². The summed E-state index contributed by atoms with van der Waals surface area (Å²) in [5.74, 6) is -0.456. The van der Waals surface area contributed by atoms with Crippen molar-refractivity contribution in [2.24, 2.45) is 0 Å². The fourth-order valence-electron chi connectivity index (χ4n) is 2.40. The van der Waals surface area contributed by atoms with Gasteiger partial charge in [0.05, 0.1) is 19.6 Å². The van der Waals surface area contributed by atoms with Crippen LogP contribution in [-0.4, -0.2) is 43.3 Å². The van der Waals surface area contributed by atoms with E-state index in [1.807, 2.05) is 31.2 Å². The van der Waals surface area contributed by atoms with Gasteiger partial charge in [-0.15, -0.1) is 13.2 Å². The predicted molar refractivity (Wildman–Crippen MR) is 101 cm³/mol. The molecule has 0 spiro atoms. The fraction of sp³-hybridized carbons (Fsp3) is 0.300. The van der Waals surface area contributed by atoms with Gasteiger partial charge in [0.15, 0.2) is 0 Å². The van der Waals surface area contributed by atoms with E-state index in [0.29, 0.717) is 5.75 Å². The molecule has 156 valence electrons. The Balaban J connectivity index is 1.76. The van der Waals surface area contributed by atoms with Crippen molar-refractivity contribution in [2.45, 2.75) is 19.7 Å². The molecular weight excluding hydrogens is 389 g/mol. The van der Waals surface area contributed by atoms with Gasteiger partial charge in [-0.05, 0) is 42.8 Å². The van der Waals surface area contributed by atoms with Crippen molar-refractivity contribution in [3.05, 3.63) is 54.1 Å². The van der Waals surface area contributed by atoms with Gasteiger partial charge in [-0.3, -0.25) is 9.59 Å². The van der Waals surface area contributed by atoms with Crippen LogP contribution in [0.5, 0.6) is 11.5 Å². The molecule has 2 aromatic rings. The summed E-state index contributed by atoms with van der Waals surface area (Å²) in [5, 5.41) is 2.51. The molecular formula is C20H21F3N2O4. The number of benzene rings is 2. The van der Waals surface area contributed by atoms with Gasteiger partial charge < -0.3 is 19.7 Å². The summed E-state index contributed by atoms with van der Waals surface area (Å²) < 4.78 is 45.7. The third-order valence-electron chi connectivity index (χ3n) is 3.85. The van der Waals surface area contributed by atoms with E-state index in [1.165, 1.54) is 24.1 Å². The number of carbonyl (C=O) groups excluding carboxylic acids is 2. The zero-order chi connectivity index (χ0) is 21.4. The number of amides is 2.